The summed E-state index contributed by atoms with van der Waals surface area (Å²) < 4.78 is 6.22. The molecule has 0 amide bonds. The first-order valence-corrected chi connectivity index (χ1v) is 8.30. The fraction of sp³-hybridized carbons (Fsp3) is 0.800. The summed E-state index contributed by atoms with van der Waals surface area (Å²) in [6.45, 7) is 4.98. The average Bonchev–Trinajstić information content (AvgIpc) is 2.83. The summed E-state index contributed by atoms with van der Waals surface area (Å²) in [7, 11) is 2.05. The highest BCUT2D eigenvalue weighted by molar-refractivity contribution is 7.09. The van der Waals surface area contributed by atoms with Gasteiger partial charge in [0, 0.05) is 24.4 Å². The Morgan fingerprint density at radius 2 is 2.16 bits per heavy atom. The summed E-state index contributed by atoms with van der Waals surface area (Å²) in [5.74, 6) is 0. The summed E-state index contributed by atoms with van der Waals surface area (Å²) in [5.41, 5.74) is 1.21. The van der Waals surface area contributed by atoms with Crippen molar-refractivity contribution in [3.63, 3.8) is 0 Å². The van der Waals surface area contributed by atoms with Gasteiger partial charge < -0.3 is 10.1 Å². The number of thiazole rings is 1. The third-order valence-corrected chi connectivity index (χ3v) is 5.02. The van der Waals surface area contributed by atoms with Gasteiger partial charge in [-0.25, -0.2) is 4.98 Å². The predicted molar refractivity (Wildman–Crippen MR) is 80.8 cm³/mol. The van der Waals surface area contributed by atoms with Gasteiger partial charge >= 0.3 is 0 Å². The molecule has 0 radical (unpaired) electrons. The number of hydrogen-bond acceptors (Lipinski definition) is 4. The van der Waals surface area contributed by atoms with Crippen molar-refractivity contribution >= 4 is 11.3 Å². The Kier molecular flexibility index (Phi) is 5.37. The lowest BCUT2D eigenvalue weighted by molar-refractivity contribution is -0.0885. The second-order valence-corrected chi connectivity index (χ2v) is 6.52. The number of nitrogens with one attached hydrogen (secondary N) is 1. The molecule has 0 aliphatic heterocycles. The third kappa shape index (κ3) is 3.56. The fourth-order valence-electron chi connectivity index (χ4n) is 3.29. The lowest BCUT2D eigenvalue weighted by atomic mass is 9.77. The molecule has 1 aromatic rings. The number of rotatable bonds is 6. The monoisotopic (exact) mass is 282 g/mol. The lowest BCUT2D eigenvalue weighted by Gasteiger charge is -2.43. The van der Waals surface area contributed by atoms with Gasteiger partial charge in [-0.2, -0.15) is 0 Å². The number of aromatic nitrogens is 1. The van der Waals surface area contributed by atoms with E-state index in [-0.39, 0.29) is 5.60 Å². The van der Waals surface area contributed by atoms with Gasteiger partial charge in [0.25, 0.3) is 0 Å². The van der Waals surface area contributed by atoms with Crippen molar-refractivity contribution in [2.24, 2.45) is 0 Å². The van der Waals surface area contributed by atoms with Crippen molar-refractivity contribution in [1.29, 1.82) is 0 Å². The first kappa shape index (κ1) is 14.9. The van der Waals surface area contributed by atoms with Crippen LogP contribution < -0.4 is 5.32 Å². The maximum absolute atomic E-state index is 6.22. The fourth-order valence-corrected chi connectivity index (χ4v) is 3.92. The van der Waals surface area contributed by atoms with Crippen LogP contribution in [0.1, 0.15) is 49.7 Å². The Balaban J connectivity index is 2.12. The molecule has 2 rings (SSSR count). The highest BCUT2D eigenvalue weighted by atomic mass is 32.1. The first-order chi connectivity index (χ1) is 9.20. The second-order valence-electron chi connectivity index (χ2n) is 5.46. The van der Waals surface area contributed by atoms with Gasteiger partial charge in [0.05, 0.1) is 16.3 Å². The number of nitrogens with zero attached hydrogens (tertiary/aromatic N) is 1. The van der Waals surface area contributed by atoms with Gasteiger partial charge in [-0.3, -0.25) is 0 Å². The smallest absolute Gasteiger partial charge is 0.0897 e. The molecule has 0 bridgehead atoms. The van der Waals surface area contributed by atoms with Crippen LogP contribution in [0.15, 0.2) is 5.38 Å². The minimum Gasteiger partial charge on any atom is -0.374 e. The summed E-state index contributed by atoms with van der Waals surface area (Å²) in [5, 5.41) is 6.83. The van der Waals surface area contributed by atoms with Crippen LogP contribution in [-0.2, 0) is 11.2 Å². The average molecular weight is 282 g/mol. The molecule has 1 aliphatic carbocycles. The topological polar surface area (TPSA) is 34.1 Å². The Morgan fingerprint density at radius 3 is 2.68 bits per heavy atom. The zero-order chi connectivity index (χ0) is 13.7. The van der Waals surface area contributed by atoms with Crippen LogP contribution in [0.2, 0.25) is 0 Å². The number of likely N-dealkylation sites (N-methyl/N-ethyl adjacent to an activating group) is 1. The van der Waals surface area contributed by atoms with Crippen molar-refractivity contribution in [3.05, 3.63) is 16.1 Å². The van der Waals surface area contributed by atoms with Gasteiger partial charge in [-0.05, 0) is 33.7 Å². The van der Waals surface area contributed by atoms with Crippen LogP contribution in [0, 0.1) is 6.92 Å². The summed E-state index contributed by atoms with van der Waals surface area (Å²) in [6, 6.07) is 0.370. The minimum absolute atomic E-state index is 0.0132. The Hall–Kier alpha value is -0.450. The van der Waals surface area contributed by atoms with E-state index >= 15 is 0 Å². The van der Waals surface area contributed by atoms with E-state index in [2.05, 4.69) is 36.6 Å². The largest absolute Gasteiger partial charge is 0.374 e. The van der Waals surface area contributed by atoms with Crippen LogP contribution >= 0.6 is 11.3 Å². The van der Waals surface area contributed by atoms with E-state index in [1.807, 2.05) is 0 Å². The minimum atomic E-state index is 0.0132. The molecule has 0 saturated heterocycles. The maximum Gasteiger partial charge on any atom is 0.0897 e. The highest BCUT2D eigenvalue weighted by Gasteiger charge is 2.40. The molecular weight excluding hydrogens is 256 g/mol. The molecule has 1 saturated carbocycles. The maximum atomic E-state index is 6.22. The molecule has 19 heavy (non-hydrogen) atoms. The Morgan fingerprint density at radius 1 is 1.42 bits per heavy atom. The first-order valence-electron chi connectivity index (χ1n) is 7.42. The van der Waals surface area contributed by atoms with Crippen molar-refractivity contribution in [3.8, 4) is 0 Å². The quantitative estimate of drug-likeness (QED) is 0.869. The van der Waals surface area contributed by atoms with E-state index in [0.717, 1.165) is 18.0 Å². The molecule has 1 atom stereocenters. The zero-order valence-electron chi connectivity index (χ0n) is 12.4. The van der Waals surface area contributed by atoms with Gasteiger partial charge in [0.1, 0.15) is 0 Å². The number of aryl methyl sites for hydroxylation is 1. The molecule has 0 aromatic carbocycles. The second kappa shape index (κ2) is 6.82. The van der Waals surface area contributed by atoms with Gasteiger partial charge in [-0.1, -0.05) is 19.3 Å². The van der Waals surface area contributed by atoms with Crippen LogP contribution in [0.25, 0.3) is 0 Å². The summed E-state index contributed by atoms with van der Waals surface area (Å²) in [4.78, 5) is 4.61. The Bertz CT molecular complexity index is 380. The van der Waals surface area contributed by atoms with E-state index in [9.17, 15) is 0 Å². The van der Waals surface area contributed by atoms with Crippen LogP contribution in [0.5, 0.6) is 0 Å². The van der Waals surface area contributed by atoms with E-state index in [0.29, 0.717) is 6.04 Å². The molecule has 1 unspecified atom stereocenters. The molecular formula is C15H26N2OS. The molecule has 1 N–H and O–H groups in total. The predicted octanol–water partition coefficient (Wildman–Crippen LogP) is 3.32. The molecule has 108 valence electrons. The van der Waals surface area contributed by atoms with E-state index in [1.165, 1.54) is 37.8 Å². The van der Waals surface area contributed by atoms with E-state index in [1.54, 1.807) is 11.3 Å². The van der Waals surface area contributed by atoms with Gasteiger partial charge in [-0.15, -0.1) is 11.3 Å². The van der Waals surface area contributed by atoms with Crippen LogP contribution in [0.3, 0.4) is 0 Å². The zero-order valence-corrected chi connectivity index (χ0v) is 13.2. The van der Waals surface area contributed by atoms with E-state index < -0.39 is 0 Å². The van der Waals surface area contributed by atoms with Crippen molar-refractivity contribution in [1.82, 2.24) is 10.3 Å². The van der Waals surface area contributed by atoms with Crippen molar-refractivity contribution in [2.75, 3.05) is 13.7 Å². The number of hydrogen-bond donors (Lipinski definition) is 1. The molecule has 1 fully saturated rings. The normalized spacial score (nSPS) is 20.4. The molecule has 0 spiro atoms. The van der Waals surface area contributed by atoms with Crippen LogP contribution in [0.4, 0.5) is 0 Å². The molecule has 1 aromatic heterocycles. The van der Waals surface area contributed by atoms with Crippen molar-refractivity contribution in [2.45, 2.75) is 64.0 Å². The highest BCUT2D eigenvalue weighted by Crippen LogP contribution is 2.35. The van der Waals surface area contributed by atoms with Gasteiger partial charge in [0.2, 0.25) is 0 Å². The number of ether oxygens (including phenoxy) is 1. The Labute approximate surface area is 120 Å². The molecule has 1 heterocycles. The summed E-state index contributed by atoms with van der Waals surface area (Å²) >= 11 is 1.74. The molecule has 3 nitrogen and oxygen atoms in total. The summed E-state index contributed by atoms with van der Waals surface area (Å²) in [6.07, 6.45) is 7.25. The lowest BCUT2D eigenvalue weighted by Crippen LogP contribution is -2.53. The molecule has 4 heteroatoms. The van der Waals surface area contributed by atoms with E-state index in [4.69, 9.17) is 4.74 Å². The standard InChI is InChI=1S/C15H26N2OS/c1-4-18-15(8-6-5-7-9-15)14(16-3)10-13-11-19-12(2)17-13/h11,14,16H,4-10H2,1-3H3. The third-order valence-electron chi connectivity index (χ3n) is 4.20. The van der Waals surface area contributed by atoms with Crippen molar-refractivity contribution < 1.29 is 4.74 Å². The van der Waals surface area contributed by atoms with Crippen LogP contribution in [-0.4, -0.2) is 30.3 Å². The van der Waals surface area contributed by atoms with Gasteiger partial charge in [0.15, 0.2) is 0 Å². The SMILES string of the molecule is CCOC1(C(Cc2csc(C)n2)NC)CCCCC1. The molecule has 1 aliphatic rings.